The Labute approximate surface area is 167 Å². The van der Waals surface area contributed by atoms with E-state index < -0.39 is 0 Å². The van der Waals surface area contributed by atoms with E-state index in [9.17, 15) is 0 Å². The smallest absolute Gasteiger partial charge is 0.192 e. The Balaban J connectivity index is 1.64. The predicted octanol–water partition coefficient (Wildman–Crippen LogP) is 4.40. The van der Waals surface area contributed by atoms with E-state index >= 15 is 0 Å². The van der Waals surface area contributed by atoms with E-state index in [1.54, 1.807) is 11.8 Å². The van der Waals surface area contributed by atoms with Crippen LogP contribution in [0.2, 0.25) is 5.02 Å². The average Bonchev–Trinajstić information content (AvgIpc) is 3.41. The molecule has 0 aliphatic heterocycles. The van der Waals surface area contributed by atoms with Crippen molar-refractivity contribution in [3.63, 3.8) is 0 Å². The van der Waals surface area contributed by atoms with Crippen molar-refractivity contribution >= 4 is 23.4 Å². The van der Waals surface area contributed by atoms with Gasteiger partial charge in [-0.15, -0.1) is 15.3 Å². The fourth-order valence-electron chi connectivity index (χ4n) is 3.53. The molecule has 1 aromatic carbocycles. The van der Waals surface area contributed by atoms with E-state index in [-0.39, 0.29) is 0 Å². The van der Waals surface area contributed by atoms with Gasteiger partial charge in [-0.3, -0.25) is 4.57 Å². The van der Waals surface area contributed by atoms with Crippen LogP contribution in [0.3, 0.4) is 0 Å². The first-order chi connectivity index (χ1) is 13.3. The first-order valence-electron chi connectivity index (χ1n) is 9.35. The van der Waals surface area contributed by atoms with Gasteiger partial charge in [0.05, 0.1) is 10.8 Å². The van der Waals surface area contributed by atoms with Crippen LogP contribution in [-0.4, -0.2) is 35.0 Å². The Hall–Kier alpha value is -1.93. The maximum Gasteiger partial charge on any atom is 0.192 e. The van der Waals surface area contributed by atoms with Gasteiger partial charge in [-0.2, -0.15) is 0 Å². The number of aryl methyl sites for hydroxylation is 1. The molecule has 0 N–H and O–H groups in total. The molecule has 142 valence electrons. The molecule has 0 amide bonds. The molecule has 0 radical (unpaired) electrons. The number of thioether (sulfide) groups is 1. The lowest BCUT2D eigenvalue weighted by Gasteiger charge is -2.17. The molecule has 3 aromatic rings. The van der Waals surface area contributed by atoms with Gasteiger partial charge in [0.15, 0.2) is 16.8 Å². The zero-order valence-corrected chi connectivity index (χ0v) is 16.8. The molecule has 4 rings (SSSR count). The molecule has 9 heteroatoms. The summed E-state index contributed by atoms with van der Waals surface area (Å²) in [5.41, 5.74) is 0.932. The summed E-state index contributed by atoms with van der Waals surface area (Å²) in [5.74, 6) is 2.38. The normalized spacial score (nSPS) is 14.9. The van der Waals surface area contributed by atoms with Crippen molar-refractivity contribution in [3.8, 4) is 11.4 Å². The first-order valence-corrected chi connectivity index (χ1v) is 10.7. The number of tetrazole rings is 1. The molecule has 1 aliphatic carbocycles. The molecule has 2 aromatic heterocycles. The van der Waals surface area contributed by atoms with Gasteiger partial charge >= 0.3 is 0 Å². The second-order valence-electron chi connectivity index (χ2n) is 6.70. The second-order valence-corrected chi connectivity index (χ2v) is 8.05. The highest BCUT2D eigenvalue weighted by Crippen LogP contribution is 2.38. The average molecular weight is 404 g/mol. The van der Waals surface area contributed by atoms with Crippen LogP contribution in [0.15, 0.2) is 29.4 Å². The summed E-state index contributed by atoms with van der Waals surface area (Å²) >= 11 is 8.08. The molecule has 0 atom stereocenters. The summed E-state index contributed by atoms with van der Waals surface area (Å²) in [5, 5.41) is 22.6. The van der Waals surface area contributed by atoms with Crippen LogP contribution >= 0.6 is 23.4 Å². The third-order valence-electron chi connectivity index (χ3n) is 4.84. The second kappa shape index (κ2) is 8.39. The van der Waals surface area contributed by atoms with Gasteiger partial charge in [-0.25, -0.2) is 4.68 Å². The van der Waals surface area contributed by atoms with Gasteiger partial charge in [0.2, 0.25) is 0 Å². The highest BCUT2D eigenvalue weighted by atomic mass is 35.5. The van der Waals surface area contributed by atoms with Crippen LogP contribution in [0.25, 0.3) is 11.4 Å². The minimum atomic E-state index is 0.417. The molecular weight excluding hydrogens is 382 g/mol. The Bertz CT molecular complexity index is 901. The third-order valence-corrected chi connectivity index (χ3v) is 6.11. The van der Waals surface area contributed by atoms with Crippen molar-refractivity contribution in [1.29, 1.82) is 0 Å². The van der Waals surface area contributed by atoms with Crippen LogP contribution < -0.4 is 0 Å². The number of rotatable bonds is 7. The van der Waals surface area contributed by atoms with Crippen molar-refractivity contribution in [2.75, 3.05) is 0 Å². The van der Waals surface area contributed by atoms with Crippen molar-refractivity contribution in [1.82, 2.24) is 35.0 Å². The van der Waals surface area contributed by atoms with Gasteiger partial charge in [0.1, 0.15) is 0 Å². The molecule has 2 heterocycles. The summed E-state index contributed by atoms with van der Waals surface area (Å²) in [6, 6.07) is 8.25. The zero-order chi connectivity index (χ0) is 18.6. The van der Waals surface area contributed by atoms with Gasteiger partial charge in [0, 0.05) is 18.2 Å². The van der Waals surface area contributed by atoms with Crippen LogP contribution in [0.5, 0.6) is 0 Å². The minimum Gasteiger partial charge on any atom is -0.299 e. The molecule has 1 aliphatic rings. The van der Waals surface area contributed by atoms with Crippen LogP contribution in [-0.2, 0) is 12.3 Å². The maximum absolute atomic E-state index is 6.44. The van der Waals surface area contributed by atoms with E-state index in [0.29, 0.717) is 16.8 Å². The summed E-state index contributed by atoms with van der Waals surface area (Å²) in [6.07, 6.45) is 5.78. The van der Waals surface area contributed by atoms with Gasteiger partial charge < -0.3 is 0 Å². The Kier molecular flexibility index (Phi) is 5.73. The molecule has 0 unspecified atom stereocenters. The van der Waals surface area contributed by atoms with E-state index in [1.165, 1.54) is 12.8 Å². The molecule has 1 saturated carbocycles. The number of aromatic nitrogens is 7. The lowest BCUT2D eigenvalue weighted by Crippen LogP contribution is -2.09. The van der Waals surface area contributed by atoms with E-state index in [4.69, 9.17) is 11.6 Å². The number of benzene rings is 1. The predicted molar refractivity (Wildman–Crippen MR) is 106 cm³/mol. The maximum atomic E-state index is 6.44. The molecule has 0 saturated heterocycles. The monoisotopic (exact) mass is 403 g/mol. The van der Waals surface area contributed by atoms with Crippen LogP contribution in [0, 0.1) is 0 Å². The SMILES string of the molecule is CCCn1nnnc1CSc1nnc(-c2ccccc2Cl)n1C1CCCC1. The number of halogens is 1. The Morgan fingerprint density at radius 1 is 1.15 bits per heavy atom. The van der Waals surface area contributed by atoms with E-state index in [0.717, 1.165) is 48.2 Å². The fourth-order valence-corrected chi connectivity index (χ4v) is 4.69. The number of nitrogens with zero attached hydrogens (tertiary/aromatic N) is 7. The molecular formula is C18H22ClN7S. The standard InChI is InChI=1S/C18H22ClN7S/c1-2-11-25-16(20-23-24-25)12-27-18-22-21-17(14-9-5-6-10-15(14)19)26(18)13-7-3-4-8-13/h5-6,9-10,13H,2-4,7-8,11-12H2,1H3. The van der Waals surface area contributed by atoms with Crippen molar-refractivity contribution in [2.24, 2.45) is 0 Å². The lowest BCUT2D eigenvalue weighted by molar-refractivity contribution is 0.485. The Morgan fingerprint density at radius 3 is 2.74 bits per heavy atom. The van der Waals surface area contributed by atoms with Crippen LogP contribution in [0.1, 0.15) is 50.9 Å². The quantitative estimate of drug-likeness (QED) is 0.544. The van der Waals surface area contributed by atoms with Crippen molar-refractivity contribution < 1.29 is 0 Å². The highest BCUT2D eigenvalue weighted by Gasteiger charge is 2.26. The van der Waals surface area contributed by atoms with E-state index in [2.05, 4.69) is 37.2 Å². The number of hydrogen-bond acceptors (Lipinski definition) is 6. The molecule has 27 heavy (non-hydrogen) atoms. The first kappa shape index (κ1) is 18.4. The zero-order valence-electron chi connectivity index (χ0n) is 15.3. The van der Waals surface area contributed by atoms with E-state index in [1.807, 2.05) is 28.9 Å². The molecule has 0 spiro atoms. The molecule has 0 bridgehead atoms. The summed E-state index contributed by atoms with van der Waals surface area (Å²) < 4.78 is 4.13. The summed E-state index contributed by atoms with van der Waals surface area (Å²) in [4.78, 5) is 0. The van der Waals surface area contributed by atoms with Crippen molar-refractivity contribution in [3.05, 3.63) is 35.1 Å². The lowest BCUT2D eigenvalue weighted by atomic mass is 10.2. The Morgan fingerprint density at radius 2 is 1.96 bits per heavy atom. The van der Waals surface area contributed by atoms with Gasteiger partial charge in [-0.05, 0) is 41.8 Å². The van der Waals surface area contributed by atoms with Gasteiger partial charge in [0.25, 0.3) is 0 Å². The minimum absolute atomic E-state index is 0.417. The number of hydrogen-bond donors (Lipinski definition) is 0. The van der Waals surface area contributed by atoms with Gasteiger partial charge in [-0.1, -0.05) is 55.3 Å². The fraction of sp³-hybridized carbons (Fsp3) is 0.500. The molecule has 7 nitrogen and oxygen atoms in total. The molecule has 1 fully saturated rings. The largest absolute Gasteiger partial charge is 0.299 e. The third kappa shape index (κ3) is 3.87. The summed E-state index contributed by atoms with van der Waals surface area (Å²) in [7, 11) is 0. The topological polar surface area (TPSA) is 74.3 Å². The highest BCUT2D eigenvalue weighted by molar-refractivity contribution is 7.98. The van der Waals surface area contributed by atoms with Crippen LogP contribution in [0.4, 0.5) is 0 Å². The van der Waals surface area contributed by atoms with Crippen molar-refractivity contribution in [2.45, 2.75) is 62.5 Å². The summed E-state index contributed by atoms with van der Waals surface area (Å²) in [6.45, 7) is 2.94.